The molecule has 5 aromatic rings. The predicted molar refractivity (Wildman–Crippen MR) is 163 cm³/mol. The number of hydrogen-bond donors (Lipinski definition) is 0. The number of benzene rings is 3. The van der Waals surface area contributed by atoms with E-state index in [0.717, 1.165) is 5.56 Å². The summed E-state index contributed by atoms with van der Waals surface area (Å²) in [6.07, 6.45) is 1.34. The number of halogens is 1. The van der Waals surface area contributed by atoms with E-state index in [-0.39, 0.29) is 45.8 Å². The molecule has 0 aliphatic rings. The van der Waals surface area contributed by atoms with Crippen molar-refractivity contribution in [3.8, 4) is 39.9 Å². The first-order chi connectivity index (χ1) is 21.3. The molecule has 3 aromatic carbocycles. The molecule has 11 nitrogen and oxygen atoms in total. The third-order valence-corrected chi connectivity index (χ3v) is 6.90. The molecule has 224 valence electrons. The summed E-state index contributed by atoms with van der Waals surface area (Å²) >= 11 is 6.43. The number of hydrogen-bond acceptors (Lipinski definition) is 9. The number of aromatic nitrogens is 4. The molecule has 0 saturated heterocycles. The second-order valence-corrected chi connectivity index (χ2v) is 9.75. The van der Waals surface area contributed by atoms with Gasteiger partial charge in [0, 0.05) is 5.56 Å². The highest BCUT2D eigenvalue weighted by atomic mass is 35.5. The maximum atomic E-state index is 13.0. The zero-order valence-electron chi connectivity index (χ0n) is 24.2. The minimum atomic E-state index is -0.784. The van der Waals surface area contributed by atoms with Crippen molar-refractivity contribution in [2.24, 2.45) is 0 Å². The van der Waals surface area contributed by atoms with Gasteiger partial charge in [-0.1, -0.05) is 47.5 Å². The predicted octanol–water partition coefficient (Wildman–Crippen LogP) is 5.81. The van der Waals surface area contributed by atoms with Gasteiger partial charge in [-0.05, 0) is 56.3 Å². The summed E-state index contributed by atoms with van der Waals surface area (Å²) in [7, 11) is 2.42. The molecule has 0 N–H and O–H groups in total. The summed E-state index contributed by atoms with van der Waals surface area (Å²) < 4.78 is 24.4. The molecule has 0 radical (unpaired) electrons. The van der Waals surface area contributed by atoms with Crippen LogP contribution in [0.2, 0.25) is 5.02 Å². The topological polar surface area (TPSA) is 124 Å². The van der Waals surface area contributed by atoms with Gasteiger partial charge in [0.15, 0.2) is 28.0 Å². The molecule has 0 bridgehead atoms. The number of aryl methyl sites for hydroxylation is 1. The molecule has 0 fully saturated rings. The lowest BCUT2D eigenvalue weighted by atomic mass is 10.0. The average molecular weight is 615 g/mol. The van der Waals surface area contributed by atoms with E-state index >= 15 is 0 Å². The van der Waals surface area contributed by atoms with Crippen LogP contribution in [0.25, 0.3) is 22.6 Å². The van der Waals surface area contributed by atoms with Crippen molar-refractivity contribution in [3.05, 3.63) is 111 Å². The second-order valence-electron chi connectivity index (χ2n) is 9.37. The third kappa shape index (κ3) is 5.77. The maximum Gasteiger partial charge on any atom is 0.357 e. The molecule has 44 heavy (non-hydrogen) atoms. The molecular weight excluding hydrogens is 588 g/mol. The fourth-order valence-corrected chi connectivity index (χ4v) is 4.61. The van der Waals surface area contributed by atoms with Crippen molar-refractivity contribution in [1.29, 1.82) is 0 Å². The number of carbonyl (C=O) groups is 2. The van der Waals surface area contributed by atoms with E-state index in [2.05, 4.69) is 10.2 Å². The molecule has 12 heteroatoms. The number of para-hydroxylation sites is 1. The first kappa shape index (κ1) is 30.1. The Labute approximate surface area is 257 Å². The van der Waals surface area contributed by atoms with Gasteiger partial charge >= 0.3 is 11.9 Å². The zero-order valence-corrected chi connectivity index (χ0v) is 25.0. The summed E-state index contributed by atoms with van der Waals surface area (Å²) in [6, 6.07) is 20.9. The first-order valence-electron chi connectivity index (χ1n) is 13.4. The quantitative estimate of drug-likeness (QED) is 0.189. The van der Waals surface area contributed by atoms with E-state index in [4.69, 9.17) is 30.5 Å². The maximum absolute atomic E-state index is 13.0. The van der Waals surface area contributed by atoms with Gasteiger partial charge in [-0.2, -0.15) is 14.9 Å². The monoisotopic (exact) mass is 614 g/mol. The Kier molecular flexibility index (Phi) is 8.77. The van der Waals surface area contributed by atoms with Crippen LogP contribution in [0.3, 0.4) is 0 Å². The fourth-order valence-electron chi connectivity index (χ4n) is 4.44. The Morgan fingerprint density at radius 2 is 1.52 bits per heavy atom. The lowest BCUT2D eigenvalue weighted by molar-refractivity contribution is 0.0549. The number of esters is 2. The van der Waals surface area contributed by atoms with E-state index in [9.17, 15) is 14.4 Å². The van der Waals surface area contributed by atoms with Crippen molar-refractivity contribution in [3.63, 3.8) is 0 Å². The Balaban J connectivity index is 1.59. The molecule has 0 unspecified atom stereocenters. The Bertz CT molecular complexity index is 1900. The van der Waals surface area contributed by atoms with E-state index in [1.807, 2.05) is 25.1 Å². The lowest BCUT2D eigenvalue weighted by Crippen LogP contribution is -2.21. The van der Waals surface area contributed by atoms with E-state index in [1.54, 1.807) is 61.5 Å². The molecule has 5 rings (SSSR count). The molecule has 0 spiro atoms. The SMILES string of the molecule is CCOc1cc(-c2nn(-c3ccccc3)c(C(=O)OC)c2C(=O)OC)ccc1Oc1cnn(-c2ccc(C)cc2)c(=O)c1Cl. The fraction of sp³-hybridized carbons (Fsp3) is 0.156. The van der Waals surface area contributed by atoms with Gasteiger partial charge < -0.3 is 18.9 Å². The molecule has 0 atom stereocenters. The Morgan fingerprint density at radius 1 is 0.841 bits per heavy atom. The average Bonchev–Trinajstić information content (AvgIpc) is 3.45. The van der Waals surface area contributed by atoms with E-state index in [0.29, 0.717) is 16.9 Å². The molecule has 2 heterocycles. The number of rotatable bonds is 9. The summed E-state index contributed by atoms with van der Waals surface area (Å²) in [5, 5.41) is 8.67. The number of methoxy groups -OCH3 is 2. The molecule has 2 aromatic heterocycles. The Morgan fingerprint density at radius 3 is 2.18 bits per heavy atom. The number of nitrogens with zero attached hydrogens (tertiary/aromatic N) is 4. The highest BCUT2D eigenvalue weighted by Crippen LogP contribution is 2.38. The van der Waals surface area contributed by atoms with Gasteiger partial charge in [0.05, 0.1) is 38.4 Å². The molecular formula is C32H27ClN4O7. The highest BCUT2D eigenvalue weighted by molar-refractivity contribution is 6.31. The van der Waals surface area contributed by atoms with Crippen molar-refractivity contribution in [2.45, 2.75) is 13.8 Å². The van der Waals surface area contributed by atoms with Gasteiger partial charge in [-0.15, -0.1) is 0 Å². The molecule has 0 amide bonds. The summed E-state index contributed by atoms with van der Waals surface area (Å²) in [6.45, 7) is 3.98. The van der Waals surface area contributed by atoms with Gasteiger partial charge in [0.2, 0.25) is 0 Å². The van der Waals surface area contributed by atoms with Crippen LogP contribution in [0.5, 0.6) is 17.2 Å². The van der Waals surface area contributed by atoms with Crippen LogP contribution in [0.4, 0.5) is 0 Å². The van der Waals surface area contributed by atoms with Gasteiger partial charge in [-0.25, -0.2) is 14.3 Å². The van der Waals surface area contributed by atoms with Crippen LogP contribution in [-0.4, -0.2) is 52.3 Å². The minimum absolute atomic E-state index is 0.0188. The van der Waals surface area contributed by atoms with Crippen molar-refractivity contribution in [1.82, 2.24) is 19.6 Å². The zero-order chi connectivity index (χ0) is 31.4. The van der Waals surface area contributed by atoms with E-state index in [1.165, 1.54) is 29.8 Å². The molecule has 0 saturated carbocycles. The van der Waals surface area contributed by atoms with Crippen LogP contribution in [0, 0.1) is 6.92 Å². The Hall–Kier alpha value is -5.42. The molecule has 0 aliphatic heterocycles. The third-order valence-electron chi connectivity index (χ3n) is 6.56. The minimum Gasteiger partial charge on any atom is -0.490 e. The van der Waals surface area contributed by atoms with Gasteiger partial charge in [0.25, 0.3) is 5.56 Å². The summed E-state index contributed by atoms with van der Waals surface area (Å²) in [5.41, 5.74) is 1.91. The second kappa shape index (κ2) is 12.8. The van der Waals surface area contributed by atoms with Crippen molar-refractivity contribution >= 4 is 23.5 Å². The summed E-state index contributed by atoms with van der Waals surface area (Å²) in [4.78, 5) is 39.0. The van der Waals surface area contributed by atoms with Crippen LogP contribution < -0.4 is 15.0 Å². The highest BCUT2D eigenvalue weighted by Gasteiger charge is 2.31. The molecule has 0 aliphatic carbocycles. The smallest absolute Gasteiger partial charge is 0.357 e. The van der Waals surface area contributed by atoms with Crippen molar-refractivity contribution in [2.75, 3.05) is 20.8 Å². The van der Waals surface area contributed by atoms with Gasteiger partial charge in [-0.3, -0.25) is 4.79 Å². The summed E-state index contributed by atoms with van der Waals surface area (Å²) in [5.74, 6) is -1.06. The standard InChI is InChI=1S/C32H27ClN4O7/c1-5-43-24-17-20(28-26(31(39)41-3)29(32(40)42-4)36(35-28)21-9-7-6-8-10-21)13-16-23(24)44-25-18-34-37(30(38)27(25)33)22-14-11-19(2)12-15-22/h6-18H,5H2,1-4H3. The van der Waals surface area contributed by atoms with Crippen LogP contribution in [0.15, 0.2) is 83.8 Å². The largest absolute Gasteiger partial charge is 0.490 e. The normalized spacial score (nSPS) is 10.8. The van der Waals surface area contributed by atoms with Crippen molar-refractivity contribution < 1.29 is 28.5 Å². The number of carbonyl (C=O) groups excluding carboxylic acids is 2. The van der Waals surface area contributed by atoms with Crippen LogP contribution in [-0.2, 0) is 9.47 Å². The van der Waals surface area contributed by atoms with E-state index < -0.39 is 17.5 Å². The first-order valence-corrected chi connectivity index (χ1v) is 13.8. The van der Waals surface area contributed by atoms with Crippen LogP contribution in [0.1, 0.15) is 33.3 Å². The number of ether oxygens (including phenoxy) is 4. The van der Waals surface area contributed by atoms with Crippen LogP contribution >= 0.6 is 11.6 Å². The van der Waals surface area contributed by atoms with Gasteiger partial charge in [0.1, 0.15) is 11.3 Å². The lowest BCUT2D eigenvalue weighted by Gasteiger charge is -2.14.